The zero-order valence-corrected chi connectivity index (χ0v) is 9.71. The van der Waals surface area contributed by atoms with Gasteiger partial charge in [0.05, 0.1) is 5.56 Å². The Hall–Kier alpha value is -1.43. The van der Waals surface area contributed by atoms with Gasteiger partial charge in [0.1, 0.15) is 0 Å². The zero-order valence-electron chi connectivity index (χ0n) is 9.71. The van der Waals surface area contributed by atoms with Crippen molar-refractivity contribution in [2.75, 3.05) is 0 Å². The van der Waals surface area contributed by atoms with E-state index in [-0.39, 0.29) is 11.3 Å². The summed E-state index contributed by atoms with van der Waals surface area (Å²) in [5.41, 5.74) is 2.50. The number of hydrogen-bond donors (Lipinski definition) is 3. The van der Waals surface area contributed by atoms with Crippen LogP contribution in [0.3, 0.4) is 0 Å². The van der Waals surface area contributed by atoms with Gasteiger partial charge in [0.15, 0.2) is 5.69 Å². The topological polar surface area (TPSA) is 85.0 Å². The van der Waals surface area contributed by atoms with Crippen LogP contribution in [0.25, 0.3) is 0 Å². The minimum absolute atomic E-state index is 0.208. The maximum atomic E-state index is 11.1. The van der Waals surface area contributed by atoms with Crippen molar-refractivity contribution >= 4 is 11.7 Å². The van der Waals surface area contributed by atoms with Crippen LogP contribution in [0.4, 0.5) is 5.69 Å². The number of benzene rings is 1. The lowest BCUT2D eigenvalue weighted by Gasteiger charge is -2.21. The predicted octanol–water partition coefficient (Wildman–Crippen LogP) is 1.02. The number of carboxylic acid groups (broad SMARTS) is 1. The Kier molecular flexibility index (Phi) is 3.32. The average molecular weight is 225 g/mol. The monoisotopic (exact) mass is 225 g/mol. The molecule has 0 aromatic heterocycles. The molecule has 3 N–H and O–H groups in total. The van der Waals surface area contributed by atoms with Crippen molar-refractivity contribution in [3.05, 3.63) is 33.0 Å². The molecule has 5 heteroatoms. The molecule has 5 nitrogen and oxygen atoms in total. The standard InChI is InChI=1S/C11H15NO4/c1-5-7(3)10(12(15)16)8(4)6(2)9(5)11(13)14/h12,15H,1-4H3,(H,13,14). The summed E-state index contributed by atoms with van der Waals surface area (Å²) in [6, 6.07) is 0. The highest BCUT2D eigenvalue weighted by Crippen LogP contribution is 2.28. The van der Waals surface area contributed by atoms with E-state index in [1.165, 1.54) is 0 Å². The van der Waals surface area contributed by atoms with Gasteiger partial charge in [0.2, 0.25) is 0 Å². The Morgan fingerprint density at radius 2 is 1.44 bits per heavy atom. The lowest BCUT2D eigenvalue weighted by molar-refractivity contribution is -0.991. The number of rotatable bonds is 2. The van der Waals surface area contributed by atoms with Gasteiger partial charge in [-0.05, 0) is 38.8 Å². The van der Waals surface area contributed by atoms with Crippen LogP contribution in [0.2, 0.25) is 0 Å². The molecule has 0 aliphatic heterocycles. The molecule has 0 heterocycles. The Balaban J connectivity index is 3.70. The molecule has 0 fully saturated rings. The lowest BCUT2D eigenvalue weighted by Crippen LogP contribution is -2.99. The fourth-order valence-electron chi connectivity index (χ4n) is 1.95. The van der Waals surface area contributed by atoms with Gasteiger partial charge in [-0.3, -0.25) is 0 Å². The maximum Gasteiger partial charge on any atom is 0.336 e. The van der Waals surface area contributed by atoms with Crippen LogP contribution in [-0.4, -0.2) is 16.3 Å². The van der Waals surface area contributed by atoms with E-state index in [1.807, 2.05) is 0 Å². The van der Waals surface area contributed by atoms with Crippen LogP contribution < -0.4 is 5.23 Å². The van der Waals surface area contributed by atoms with Gasteiger partial charge in [-0.2, -0.15) is 5.23 Å². The molecule has 1 aromatic carbocycles. The third-order valence-electron chi connectivity index (χ3n) is 3.05. The first-order chi connectivity index (χ1) is 7.29. The van der Waals surface area contributed by atoms with Gasteiger partial charge in [0, 0.05) is 11.1 Å². The fourth-order valence-corrected chi connectivity index (χ4v) is 1.95. The normalized spacial score (nSPS) is 12.6. The number of quaternary nitrogens is 1. The SMILES string of the molecule is Cc1c(C)c([NH+]([O-])O)c(C)c(C)c1C(=O)O. The summed E-state index contributed by atoms with van der Waals surface area (Å²) in [6.07, 6.45) is 0. The summed E-state index contributed by atoms with van der Waals surface area (Å²) in [5, 5.41) is 28.2. The Bertz CT molecular complexity index is 423. The molecule has 0 aliphatic carbocycles. The molecule has 0 saturated carbocycles. The summed E-state index contributed by atoms with van der Waals surface area (Å²) in [5.74, 6) is -1.02. The van der Waals surface area contributed by atoms with Crippen LogP contribution >= 0.6 is 0 Å². The summed E-state index contributed by atoms with van der Waals surface area (Å²) >= 11 is 0. The van der Waals surface area contributed by atoms with Crippen LogP contribution in [0.15, 0.2) is 0 Å². The average Bonchev–Trinajstić information content (AvgIpc) is 2.14. The molecule has 1 aromatic rings. The Labute approximate surface area is 93.5 Å². The van der Waals surface area contributed by atoms with Gasteiger partial charge < -0.3 is 10.3 Å². The minimum atomic E-state index is -1.02. The van der Waals surface area contributed by atoms with Crippen LogP contribution in [0.1, 0.15) is 32.6 Å². The molecule has 1 atom stereocenters. The fraction of sp³-hybridized carbons (Fsp3) is 0.364. The molecule has 0 spiro atoms. The molecule has 16 heavy (non-hydrogen) atoms. The van der Waals surface area contributed by atoms with E-state index < -0.39 is 11.2 Å². The smallest absolute Gasteiger partial charge is 0.336 e. The van der Waals surface area contributed by atoms with Crippen molar-refractivity contribution in [2.24, 2.45) is 0 Å². The van der Waals surface area contributed by atoms with E-state index in [0.29, 0.717) is 22.3 Å². The molecule has 1 rings (SSSR count). The second-order valence-corrected chi connectivity index (χ2v) is 3.86. The maximum absolute atomic E-state index is 11.1. The lowest BCUT2D eigenvalue weighted by atomic mass is 9.92. The molecule has 88 valence electrons. The molecule has 0 amide bonds. The molecule has 0 bridgehead atoms. The van der Waals surface area contributed by atoms with Gasteiger partial charge in [-0.25, -0.2) is 10.0 Å². The highest BCUT2D eigenvalue weighted by Gasteiger charge is 2.22. The van der Waals surface area contributed by atoms with Crippen molar-refractivity contribution in [3.8, 4) is 0 Å². The Morgan fingerprint density at radius 1 is 1.06 bits per heavy atom. The van der Waals surface area contributed by atoms with E-state index in [4.69, 9.17) is 10.3 Å². The van der Waals surface area contributed by atoms with E-state index in [0.717, 1.165) is 0 Å². The molecule has 0 radical (unpaired) electrons. The summed E-state index contributed by atoms with van der Waals surface area (Å²) in [6.45, 7) is 6.55. The van der Waals surface area contributed by atoms with Crippen molar-refractivity contribution < 1.29 is 20.3 Å². The van der Waals surface area contributed by atoms with E-state index in [2.05, 4.69) is 0 Å². The van der Waals surface area contributed by atoms with Crippen molar-refractivity contribution in [1.29, 1.82) is 0 Å². The van der Waals surface area contributed by atoms with Gasteiger partial charge in [-0.1, -0.05) is 0 Å². The van der Waals surface area contributed by atoms with Crippen molar-refractivity contribution in [2.45, 2.75) is 27.7 Å². The molecule has 0 aliphatic rings. The summed E-state index contributed by atoms with van der Waals surface area (Å²) < 4.78 is 0. The molecular weight excluding hydrogens is 210 g/mol. The highest BCUT2D eigenvalue weighted by molar-refractivity contribution is 5.92. The summed E-state index contributed by atoms with van der Waals surface area (Å²) in [7, 11) is 0. The first-order valence-electron chi connectivity index (χ1n) is 4.86. The number of carboxylic acids is 1. The number of hydrogen-bond acceptors (Lipinski definition) is 3. The third kappa shape index (κ3) is 1.80. The quantitative estimate of drug-likeness (QED) is 0.656. The van der Waals surface area contributed by atoms with Crippen molar-refractivity contribution in [3.63, 3.8) is 0 Å². The summed E-state index contributed by atoms with van der Waals surface area (Å²) in [4.78, 5) is 11.1. The molecule has 1 unspecified atom stereocenters. The van der Waals surface area contributed by atoms with Crippen LogP contribution in [-0.2, 0) is 0 Å². The first kappa shape index (κ1) is 12.6. The first-order valence-corrected chi connectivity index (χ1v) is 4.86. The second kappa shape index (κ2) is 4.21. The van der Waals surface area contributed by atoms with E-state index in [9.17, 15) is 10.0 Å². The highest BCUT2D eigenvalue weighted by atomic mass is 16.8. The Morgan fingerprint density at radius 3 is 1.69 bits per heavy atom. The van der Waals surface area contributed by atoms with Crippen LogP contribution in [0.5, 0.6) is 0 Å². The predicted molar refractivity (Wildman–Crippen MR) is 58.1 cm³/mol. The molecular formula is C11H15NO4. The van der Waals surface area contributed by atoms with Gasteiger partial charge >= 0.3 is 5.97 Å². The number of carbonyl (C=O) groups is 1. The van der Waals surface area contributed by atoms with Gasteiger partial charge in [0.25, 0.3) is 0 Å². The number of nitrogens with one attached hydrogen (secondary N) is 1. The number of aromatic carboxylic acids is 1. The molecule has 0 saturated heterocycles. The van der Waals surface area contributed by atoms with Crippen LogP contribution in [0, 0.1) is 32.9 Å². The third-order valence-corrected chi connectivity index (χ3v) is 3.05. The van der Waals surface area contributed by atoms with E-state index >= 15 is 0 Å². The minimum Gasteiger partial charge on any atom is -0.595 e. The zero-order chi connectivity index (χ0) is 12.6. The second-order valence-electron chi connectivity index (χ2n) is 3.86. The van der Waals surface area contributed by atoms with Gasteiger partial charge in [-0.15, -0.1) is 0 Å². The van der Waals surface area contributed by atoms with Crippen molar-refractivity contribution in [1.82, 2.24) is 0 Å². The largest absolute Gasteiger partial charge is 0.595 e. The van der Waals surface area contributed by atoms with E-state index in [1.54, 1.807) is 27.7 Å².